The van der Waals surface area contributed by atoms with Gasteiger partial charge in [0.05, 0.1) is 6.26 Å². The molecule has 1 fully saturated rings. The van der Waals surface area contributed by atoms with E-state index < -0.39 is 6.10 Å². The summed E-state index contributed by atoms with van der Waals surface area (Å²) >= 11 is 0. The van der Waals surface area contributed by atoms with Gasteiger partial charge in [-0.1, -0.05) is 33.6 Å². The normalized spacial score (nSPS) is 31.2. The summed E-state index contributed by atoms with van der Waals surface area (Å²) in [6, 6.07) is 3.72. The molecule has 1 aliphatic carbocycles. The van der Waals surface area contributed by atoms with Crippen molar-refractivity contribution >= 4 is 0 Å². The van der Waals surface area contributed by atoms with Crippen molar-refractivity contribution in [3.63, 3.8) is 0 Å². The smallest absolute Gasteiger partial charge is 0.132 e. The molecule has 1 aliphatic rings. The number of hydrogen-bond donors (Lipinski definition) is 1. The van der Waals surface area contributed by atoms with Crippen LogP contribution in [0.15, 0.2) is 22.8 Å². The summed E-state index contributed by atoms with van der Waals surface area (Å²) in [6.45, 7) is 6.77. The fourth-order valence-electron chi connectivity index (χ4n) is 3.37. The van der Waals surface area contributed by atoms with Crippen LogP contribution < -0.4 is 0 Å². The van der Waals surface area contributed by atoms with Crippen molar-refractivity contribution in [2.24, 2.45) is 17.3 Å². The molecular formula is C14H22O2. The second kappa shape index (κ2) is 4.25. The Morgan fingerprint density at radius 1 is 1.50 bits per heavy atom. The molecule has 16 heavy (non-hydrogen) atoms. The van der Waals surface area contributed by atoms with Crippen LogP contribution in [0.1, 0.15) is 51.9 Å². The topological polar surface area (TPSA) is 33.4 Å². The van der Waals surface area contributed by atoms with Crippen molar-refractivity contribution in [2.45, 2.75) is 46.1 Å². The van der Waals surface area contributed by atoms with E-state index in [1.54, 1.807) is 6.26 Å². The Labute approximate surface area is 97.7 Å². The van der Waals surface area contributed by atoms with Gasteiger partial charge in [0.15, 0.2) is 0 Å². The average molecular weight is 222 g/mol. The quantitative estimate of drug-likeness (QED) is 0.826. The molecule has 1 N–H and O–H groups in total. The molecule has 0 radical (unpaired) electrons. The molecule has 3 atom stereocenters. The zero-order valence-corrected chi connectivity index (χ0v) is 10.4. The Hall–Kier alpha value is -0.760. The van der Waals surface area contributed by atoms with E-state index in [0.717, 1.165) is 0 Å². The van der Waals surface area contributed by atoms with Gasteiger partial charge in [-0.25, -0.2) is 0 Å². The molecule has 0 amide bonds. The highest BCUT2D eigenvalue weighted by atomic mass is 16.4. The largest absolute Gasteiger partial charge is 0.467 e. The lowest BCUT2D eigenvalue weighted by Gasteiger charge is -2.44. The monoisotopic (exact) mass is 222 g/mol. The number of furan rings is 1. The van der Waals surface area contributed by atoms with Gasteiger partial charge < -0.3 is 9.52 Å². The lowest BCUT2D eigenvalue weighted by molar-refractivity contribution is -0.0390. The van der Waals surface area contributed by atoms with Crippen LogP contribution in [0, 0.1) is 17.3 Å². The van der Waals surface area contributed by atoms with Crippen molar-refractivity contribution in [1.82, 2.24) is 0 Å². The summed E-state index contributed by atoms with van der Waals surface area (Å²) < 4.78 is 5.34. The van der Waals surface area contributed by atoms with Crippen LogP contribution in [0.4, 0.5) is 0 Å². The van der Waals surface area contributed by atoms with Crippen LogP contribution in [-0.4, -0.2) is 5.11 Å². The third-order valence-corrected chi connectivity index (χ3v) is 4.17. The predicted octanol–water partition coefficient (Wildman–Crippen LogP) is 3.78. The van der Waals surface area contributed by atoms with Gasteiger partial charge in [-0.15, -0.1) is 0 Å². The summed E-state index contributed by atoms with van der Waals surface area (Å²) in [5.41, 5.74) is 0.198. The Bertz CT molecular complexity index is 327. The van der Waals surface area contributed by atoms with E-state index in [2.05, 4.69) is 20.8 Å². The molecular weight excluding hydrogens is 200 g/mol. The van der Waals surface area contributed by atoms with Crippen LogP contribution in [0.25, 0.3) is 0 Å². The fraction of sp³-hybridized carbons (Fsp3) is 0.714. The van der Waals surface area contributed by atoms with E-state index in [0.29, 0.717) is 17.6 Å². The highest BCUT2D eigenvalue weighted by molar-refractivity contribution is 5.06. The number of rotatable bonds is 2. The predicted molar refractivity (Wildman–Crippen MR) is 64.0 cm³/mol. The molecule has 1 aromatic heterocycles. The summed E-state index contributed by atoms with van der Waals surface area (Å²) in [7, 11) is 0. The average Bonchev–Trinajstić information content (AvgIpc) is 2.68. The third kappa shape index (κ3) is 2.03. The van der Waals surface area contributed by atoms with Crippen LogP contribution in [0.2, 0.25) is 0 Å². The van der Waals surface area contributed by atoms with E-state index in [1.165, 1.54) is 19.3 Å². The van der Waals surface area contributed by atoms with Gasteiger partial charge in [0.25, 0.3) is 0 Å². The molecule has 90 valence electrons. The molecule has 1 saturated carbocycles. The van der Waals surface area contributed by atoms with Crippen LogP contribution in [-0.2, 0) is 0 Å². The minimum absolute atomic E-state index is 0.198. The van der Waals surface area contributed by atoms with Crippen molar-refractivity contribution in [1.29, 1.82) is 0 Å². The minimum atomic E-state index is -0.458. The highest BCUT2D eigenvalue weighted by Gasteiger charge is 2.42. The van der Waals surface area contributed by atoms with Crippen LogP contribution in [0.3, 0.4) is 0 Å². The van der Waals surface area contributed by atoms with E-state index >= 15 is 0 Å². The second-order valence-electron chi connectivity index (χ2n) is 5.84. The number of aliphatic hydroxyl groups excluding tert-OH is 1. The molecule has 0 unspecified atom stereocenters. The van der Waals surface area contributed by atoms with Crippen LogP contribution >= 0.6 is 0 Å². The summed E-state index contributed by atoms with van der Waals surface area (Å²) in [5, 5.41) is 10.4. The van der Waals surface area contributed by atoms with E-state index in [9.17, 15) is 5.11 Å². The molecule has 0 saturated heterocycles. The first-order valence-electron chi connectivity index (χ1n) is 6.24. The maximum atomic E-state index is 10.4. The first-order chi connectivity index (χ1) is 7.52. The molecule has 2 nitrogen and oxygen atoms in total. The lowest BCUT2D eigenvalue weighted by Crippen LogP contribution is -2.37. The molecule has 0 spiro atoms. The van der Waals surface area contributed by atoms with Gasteiger partial charge in [0, 0.05) is 0 Å². The van der Waals surface area contributed by atoms with Gasteiger partial charge in [0.1, 0.15) is 11.9 Å². The molecule has 1 aromatic rings. The standard InChI is InChI=1S/C14H22O2/c1-10-6-4-8-14(2,3)12(10)13(15)11-7-5-9-16-11/h5,7,9-10,12-13,15H,4,6,8H2,1-3H3/t10-,12-,13-/m0/s1. The molecule has 1 heterocycles. The van der Waals surface area contributed by atoms with Gasteiger partial charge in [-0.3, -0.25) is 0 Å². The Morgan fingerprint density at radius 2 is 2.25 bits per heavy atom. The zero-order chi connectivity index (χ0) is 11.8. The summed E-state index contributed by atoms with van der Waals surface area (Å²) in [6.07, 6.45) is 4.86. The van der Waals surface area contributed by atoms with Gasteiger partial charge in [-0.2, -0.15) is 0 Å². The highest BCUT2D eigenvalue weighted by Crippen LogP contribution is 2.49. The van der Waals surface area contributed by atoms with Gasteiger partial charge in [0.2, 0.25) is 0 Å². The van der Waals surface area contributed by atoms with Crippen molar-refractivity contribution in [2.75, 3.05) is 0 Å². The SMILES string of the molecule is C[C@H]1CCCC(C)(C)[C@@H]1[C@@H](O)c1ccco1. The van der Waals surface area contributed by atoms with Crippen molar-refractivity contribution < 1.29 is 9.52 Å². The van der Waals surface area contributed by atoms with Crippen molar-refractivity contribution in [3.05, 3.63) is 24.2 Å². The van der Waals surface area contributed by atoms with Gasteiger partial charge >= 0.3 is 0 Å². The molecule has 2 rings (SSSR count). The summed E-state index contributed by atoms with van der Waals surface area (Å²) in [4.78, 5) is 0. The first-order valence-corrected chi connectivity index (χ1v) is 6.24. The molecule has 0 aliphatic heterocycles. The maximum absolute atomic E-state index is 10.4. The first kappa shape index (κ1) is 11.7. The second-order valence-corrected chi connectivity index (χ2v) is 5.84. The third-order valence-electron chi connectivity index (χ3n) is 4.17. The fourth-order valence-corrected chi connectivity index (χ4v) is 3.37. The maximum Gasteiger partial charge on any atom is 0.132 e. The molecule has 2 heteroatoms. The Kier molecular flexibility index (Phi) is 3.11. The van der Waals surface area contributed by atoms with E-state index in [4.69, 9.17) is 4.42 Å². The van der Waals surface area contributed by atoms with E-state index in [-0.39, 0.29) is 5.41 Å². The lowest BCUT2D eigenvalue weighted by atomic mass is 9.62. The Morgan fingerprint density at radius 3 is 2.81 bits per heavy atom. The number of aliphatic hydroxyl groups is 1. The molecule has 0 bridgehead atoms. The molecule has 0 aromatic carbocycles. The van der Waals surface area contributed by atoms with E-state index in [1.807, 2.05) is 12.1 Å². The Balaban J connectivity index is 2.23. The summed E-state index contributed by atoms with van der Waals surface area (Å²) in [5.74, 6) is 1.57. The van der Waals surface area contributed by atoms with Crippen molar-refractivity contribution in [3.8, 4) is 0 Å². The minimum Gasteiger partial charge on any atom is -0.467 e. The zero-order valence-electron chi connectivity index (χ0n) is 10.4. The van der Waals surface area contributed by atoms with Gasteiger partial charge in [-0.05, 0) is 35.8 Å². The van der Waals surface area contributed by atoms with Crippen LogP contribution in [0.5, 0.6) is 0 Å². The number of hydrogen-bond acceptors (Lipinski definition) is 2.